The summed E-state index contributed by atoms with van der Waals surface area (Å²) in [5.74, 6) is 0.604. The molecule has 1 rings (SSSR count). The van der Waals surface area contributed by atoms with E-state index < -0.39 is 10.0 Å². The summed E-state index contributed by atoms with van der Waals surface area (Å²) in [6.07, 6.45) is 0. The van der Waals surface area contributed by atoms with E-state index in [1.807, 2.05) is 26.0 Å². The molecule has 0 saturated heterocycles. The molecule has 0 heterocycles. The molecule has 0 radical (unpaired) electrons. The SMILES string of the molecule is Cc1ccc(OCC(C)CS(N)(=O)=O)c(C(C)(C)C)c1. The van der Waals surface area contributed by atoms with Crippen molar-refractivity contribution in [2.45, 2.75) is 40.0 Å². The summed E-state index contributed by atoms with van der Waals surface area (Å²) in [6, 6.07) is 6.05. The zero-order valence-corrected chi connectivity index (χ0v) is 13.8. The van der Waals surface area contributed by atoms with Crippen LogP contribution in [-0.4, -0.2) is 20.8 Å². The number of sulfonamides is 1. The third-order valence-corrected chi connectivity index (χ3v) is 4.02. The molecule has 0 aliphatic rings. The summed E-state index contributed by atoms with van der Waals surface area (Å²) in [5, 5.41) is 5.04. The summed E-state index contributed by atoms with van der Waals surface area (Å²) in [5.41, 5.74) is 2.28. The molecule has 0 bridgehead atoms. The molecule has 0 aliphatic carbocycles. The fourth-order valence-electron chi connectivity index (χ4n) is 2.03. The van der Waals surface area contributed by atoms with Crippen molar-refractivity contribution in [3.8, 4) is 5.75 Å². The van der Waals surface area contributed by atoms with Gasteiger partial charge in [0.05, 0.1) is 12.4 Å². The first-order valence-corrected chi connectivity index (χ1v) is 8.45. The van der Waals surface area contributed by atoms with Crippen LogP contribution in [0.1, 0.15) is 38.8 Å². The Morgan fingerprint density at radius 3 is 2.40 bits per heavy atom. The standard InChI is InChI=1S/C15H25NO3S/c1-11-6-7-14(13(8-11)15(3,4)5)19-9-12(2)10-20(16,17)18/h6-8,12H,9-10H2,1-5H3,(H2,16,17,18). The van der Waals surface area contributed by atoms with Crippen LogP contribution in [0, 0.1) is 12.8 Å². The third kappa shape index (κ3) is 5.51. The van der Waals surface area contributed by atoms with Crippen molar-refractivity contribution in [2.75, 3.05) is 12.4 Å². The van der Waals surface area contributed by atoms with Crippen molar-refractivity contribution < 1.29 is 13.2 Å². The largest absolute Gasteiger partial charge is 0.493 e. The van der Waals surface area contributed by atoms with Crippen molar-refractivity contribution in [3.63, 3.8) is 0 Å². The van der Waals surface area contributed by atoms with E-state index in [1.54, 1.807) is 0 Å². The molecule has 0 spiro atoms. The van der Waals surface area contributed by atoms with Gasteiger partial charge in [0.2, 0.25) is 10.0 Å². The van der Waals surface area contributed by atoms with Crippen molar-refractivity contribution >= 4 is 10.0 Å². The van der Waals surface area contributed by atoms with Crippen molar-refractivity contribution in [1.82, 2.24) is 0 Å². The minimum Gasteiger partial charge on any atom is -0.493 e. The highest BCUT2D eigenvalue weighted by Crippen LogP contribution is 2.32. The van der Waals surface area contributed by atoms with Crippen LogP contribution in [0.5, 0.6) is 5.75 Å². The fraction of sp³-hybridized carbons (Fsp3) is 0.600. The number of primary sulfonamides is 1. The van der Waals surface area contributed by atoms with Crippen LogP contribution in [0.3, 0.4) is 0 Å². The van der Waals surface area contributed by atoms with Crippen LogP contribution >= 0.6 is 0 Å². The van der Waals surface area contributed by atoms with Gasteiger partial charge in [0.25, 0.3) is 0 Å². The molecule has 0 aliphatic heterocycles. The average Bonchev–Trinajstić information content (AvgIpc) is 2.23. The van der Waals surface area contributed by atoms with Crippen molar-refractivity contribution in [2.24, 2.45) is 11.1 Å². The van der Waals surface area contributed by atoms with E-state index in [0.29, 0.717) is 6.61 Å². The van der Waals surface area contributed by atoms with Gasteiger partial charge in [-0.2, -0.15) is 0 Å². The number of aryl methyl sites for hydroxylation is 1. The lowest BCUT2D eigenvalue weighted by molar-refractivity contribution is 0.265. The maximum atomic E-state index is 11.0. The van der Waals surface area contributed by atoms with E-state index in [-0.39, 0.29) is 17.1 Å². The lowest BCUT2D eigenvalue weighted by atomic mass is 9.85. The highest BCUT2D eigenvalue weighted by molar-refractivity contribution is 7.89. The average molecular weight is 299 g/mol. The molecule has 1 aromatic carbocycles. The summed E-state index contributed by atoms with van der Waals surface area (Å²) in [7, 11) is -3.45. The first-order valence-electron chi connectivity index (χ1n) is 6.73. The lowest BCUT2D eigenvalue weighted by Crippen LogP contribution is -2.25. The number of hydrogen-bond donors (Lipinski definition) is 1. The summed E-state index contributed by atoms with van der Waals surface area (Å²) in [4.78, 5) is 0. The molecule has 1 atom stereocenters. The Hall–Kier alpha value is -1.07. The number of ether oxygens (including phenoxy) is 1. The van der Waals surface area contributed by atoms with E-state index >= 15 is 0 Å². The molecule has 0 aromatic heterocycles. The van der Waals surface area contributed by atoms with E-state index in [1.165, 1.54) is 5.56 Å². The molecule has 1 aromatic rings. The predicted molar refractivity (Wildman–Crippen MR) is 82.5 cm³/mol. The molecule has 0 saturated carbocycles. The molecule has 5 heteroatoms. The molecule has 0 fully saturated rings. The van der Waals surface area contributed by atoms with Gasteiger partial charge in [0, 0.05) is 5.92 Å². The van der Waals surface area contributed by atoms with E-state index in [9.17, 15) is 8.42 Å². The van der Waals surface area contributed by atoms with Gasteiger partial charge >= 0.3 is 0 Å². The molecule has 0 amide bonds. The minimum atomic E-state index is -3.45. The zero-order chi connectivity index (χ0) is 15.6. The number of nitrogens with two attached hydrogens (primary N) is 1. The Morgan fingerprint density at radius 2 is 1.90 bits per heavy atom. The predicted octanol–water partition coefficient (Wildman–Crippen LogP) is 2.60. The fourth-order valence-corrected chi connectivity index (χ4v) is 2.92. The quantitative estimate of drug-likeness (QED) is 0.908. The topological polar surface area (TPSA) is 69.4 Å². The molecule has 114 valence electrons. The van der Waals surface area contributed by atoms with E-state index in [0.717, 1.165) is 11.3 Å². The Bertz CT molecular complexity index is 559. The smallest absolute Gasteiger partial charge is 0.209 e. The van der Waals surface area contributed by atoms with Gasteiger partial charge in [0.1, 0.15) is 5.75 Å². The summed E-state index contributed by atoms with van der Waals surface area (Å²) in [6.45, 7) is 10.6. The molecule has 2 N–H and O–H groups in total. The van der Waals surface area contributed by atoms with Crippen molar-refractivity contribution in [1.29, 1.82) is 0 Å². The van der Waals surface area contributed by atoms with Gasteiger partial charge in [0.15, 0.2) is 0 Å². The van der Waals surface area contributed by atoms with Crippen LogP contribution in [-0.2, 0) is 15.4 Å². The first-order chi connectivity index (χ1) is 8.99. The number of rotatable bonds is 5. The summed E-state index contributed by atoms with van der Waals surface area (Å²) >= 11 is 0. The van der Waals surface area contributed by atoms with Crippen LogP contribution < -0.4 is 9.88 Å². The Balaban J connectivity index is 2.83. The summed E-state index contributed by atoms with van der Waals surface area (Å²) < 4.78 is 27.9. The van der Waals surface area contributed by atoms with Gasteiger partial charge in [-0.15, -0.1) is 0 Å². The lowest BCUT2D eigenvalue weighted by Gasteiger charge is -2.24. The Morgan fingerprint density at radius 1 is 1.30 bits per heavy atom. The second kappa shape index (κ2) is 6.14. The van der Waals surface area contributed by atoms with Gasteiger partial charge in [-0.05, 0) is 24.0 Å². The van der Waals surface area contributed by atoms with E-state index in [4.69, 9.17) is 9.88 Å². The van der Waals surface area contributed by atoms with E-state index in [2.05, 4.69) is 26.8 Å². The second-order valence-electron chi connectivity index (χ2n) is 6.50. The molecular weight excluding hydrogens is 274 g/mol. The van der Waals surface area contributed by atoms with Gasteiger partial charge in [-0.1, -0.05) is 45.4 Å². The number of benzene rings is 1. The van der Waals surface area contributed by atoms with Gasteiger partial charge < -0.3 is 4.74 Å². The normalized spacial score (nSPS) is 14.1. The maximum absolute atomic E-state index is 11.0. The minimum absolute atomic E-state index is 0.0233. The zero-order valence-electron chi connectivity index (χ0n) is 12.9. The highest BCUT2D eigenvalue weighted by atomic mass is 32.2. The van der Waals surface area contributed by atoms with Gasteiger partial charge in [-0.3, -0.25) is 0 Å². The highest BCUT2D eigenvalue weighted by Gasteiger charge is 2.20. The maximum Gasteiger partial charge on any atom is 0.209 e. The molecule has 20 heavy (non-hydrogen) atoms. The van der Waals surface area contributed by atoms with Crippen molar-refractivity contribution in [3.05, 3.63) is 29.3 Å². The van der Waals surface area contributed by atoms with Gasteiger partial charge in [-0.25, -0.2) is 13.6 Å². The van der Waals surface area contributed by atoms with Crippen LogP contribution in [0.15, 0.2) is 18.2 Å². The second-order valence-corrected chi connectivity index (χ2v) is 8.15. The monoisotopic (exact) mass is 299 g/mol. The third-order valence-electron chi connectivity index (χ3n) is 2.98. The Kier molecular flexibility index (Phi) is 5.21. The molecule has 1 unspecified atom stereocenters. The first kappa shape index (κ1) is 17.0. The molecule has 4 nitrogen and oxygen atoms in total. The molecular formula is C15H25NO3S. The Labute approximate surface area is 122 Å². The van der Waals surface area contributed by atoms with Crippen LogP contribution in [0.2, 0.25) is 0 Å². The number of hydrogen-bond acceptors (Lipinski definition) is 3. The van der Waals surface area contributed by atoms with Crippen LogP contribution in [0.25, 0.3) is 0 Å². The van der Waals surface area contributed by atoms with Crippen LogP contribution in [0.4, 0.5) is 0 Å².